The van der Waals surface area contributed by atoms with Crippen LogP contribution in [0.15, 0.2) is 18.6 Å². The highest BCUT2D eigenvalue weighted by atomic mass is 15.0. The Morgan fingerprint density at radius 2 is 2.54 bits per heavy atom. The Morgan fingerprint density at radius 3 is 3.31 bits per heavy atom. The lowest BCUT2D eigenvalue weighted by Gasteiger charge is -2.21. The second kappa shape index (κ2) is 2.51. The van der Waals surface area contributed by atoms with E-state index in [-0.39, 0.29) is 0 Å². The van der Waals surface area contributed by atoms with Crippen LogP contribution in [0.3, 0.4) is 0 Å². The summed E-state index contributed by atoms with van der Waals surface area (Å²) in [5.41, 5.74) is 1.61. The average Bonchev–Trinajstić information content (AvgIpc) is 2.94. The molecule has 1 saturated carbocycles. The summed E-state index contributed by atoms with van der Waals surface area (Å²) >= 11 is 0. The summed E-state index contributed by atoms with van der Waals surface area (Å²) in [6, 6.07) is 2.06. The molecule has 3 nitrogen and oxygen atoms in total. The predicted molar refractivity (Wildman–Crippen MR) is 49.3 cm³/mol. The van der Waals surface area contributed by atoms with Gasteiger partial charge in [0.25, 0.3) is 0 Å². The van der Waals surface area contributed by atoms with Crippen LogP contribution in [-0.4, -0.2) is 23.1 Å². The summed E-state index contributed by atoms with van der Waals surface area (Å²) < 4.78 is 0. The number of hydrogen-bond donors (Lipinski definition) is 1. The van der Waals surface area contributed by atoms with Gasteiger partial charge in [-0.05, 0) is 31.4 Å². The van der Waals surface area contributed by atoms with Gasteiger partial charge in [0.15, 0.2) is 0 Å². The molecule has 1 aromatic heterocycles. The summed E-state index contributed by atoms with van der Waals surface area (Å²) in [4.78, 5) is 8.32. The number of aromatic nitrogens is 2. The summed E-state index contributed by atoms with van der Waals surface area (Å²) in [7, 11) is 0. The molecule has 2 heterocycles. The maximum atomic E-state index is 4.36. The van der Waals surface area contributed by atoms with Crippen LogP contribution in [0.1, 0.15) is 18.5 Å². The van der Waals surface area contributed by atoms with Crippen LogP contribution >= 0.6 is 0 Å². The molecular formula is C10H13N3. The van der Waals surface area contributed by atoms with Crippen molar-refractivity contribution in [2.24, 2.45) is 5.92 Å². The van der Waals surface area contributed by atoms with Gasteiger partial charge >= 0.3 is 0 Å². The highest BCUT2D eigenvalue weighted by molar-refractivity contribution is 5.28. The average molecular weight is 175 g/mol. The first-order chi connectivity index (χ1) is 6.42. The molecule has 0 aromatic carbocycles. The lowest BCUT2D eigenvalue weighted by Crippen LogP contribution is -2.34. The first-order valence-electron chi connectivity index (χ1n) is 4.89. The standard InChI is InChI=1S/C10H13N3/c1-3-11-6-10(5-8(1)10)9-2-4-12-7-13-9/h2,4,7-8,11H,1,3,5-6H2. The normalized spacial score (nSPS) is 36.8. The molecule has 3 heteroatoms. The molecule has 2 unspecified atom stereocenters. The quantitative estimate of drug-likeness (QED) is 0.683. The lowest BCUT2D eigenvalue weighted by atomic mass is 9.95. The molecule has 1 aliphatic heterocycles. The molecule has 68 valence electrons. The Kier molecular flexibility index (Phi) is 1.44. The van der Waals surface area contributed by atoms with E-state index < -0.39 is 0 Å². The van der Waals surface area contributed by atoms with Crippen LogP contribution in [-0.2, 0) is 5.41 Å². The van der Waals surface area contributed by atoms with Crippen LogP contribution in [0.2, 0.25) is 0 Å². The van der Waals surface area contributed by atoms with Crippen molar-refractivity contribution < 1.29 is 0 Å². The minimum Gasteiger partial charge on any atom is -0.316 e. The van der Waals surface area contributed by atoms with E-state index in [0.717, 1.165) is 12.5 Å². The molecule has 1 aromatic rings. The molecule has 0 amide bonds. The molecule has 3 rings (SSSR count). The fraction of sp³-hybridized carbons (Fsp3) is 0.600. The van der Waals surface area contributed by atoms with E-state index >= 15 is 0 Å². The van der Waals surface area contributed by atoms with E-state index in [4.69, 9.17) is 0 Å². The van der Waals surface area contributed by atoms with E-state index in [0.29, 0.717) is 5.41 Å². The minimum atomic E-state index is 0.376. The molecule has 13 heavy (non-hydrogen) atoms. The smallest absolute Gasteiger partial charge is 0.115 e. The highest BCUT2D eigenvalue weighted by Crippen LogP contribution is 2.56. The van der Waals surface area contributed by atoms with Gasteiger partial charge in [0.05, 0.1) is 5.69 Å². The summed E-state index contributed by atoms with van der Waals surface area (Å²) in [6.07, 6.45) is 6.14. The Morgan fingerprint density at radius 1 is 1.54 bits per heavy atom. The topological polar surface area (TPSA) is 37.8 Å². The molecule has 0 bridgehead atoms. The van der Waals surface area contributed by atoms with Crippen molar-refractivity contribution in [3.05, 3.63) is 24.3 Å². The van der Waals surface area contributed by atoms with Gasteiger partial charge in [-0.1, -0.05) is 0 Å². The second-order valence-electron chi connectivity index (χ2n) is 4.12. The van der Waals surface area contributed by atoms with Gasteiger partial charge in [0, 0.05) is 18.2 Å². The molecule has 0 radical (unpaired) electrons. The van der Waals surface area contributed by atoms with E-state index in [1.807, 2.05) is 6.20 Å². The van der Waals surface area contributed by atoms with Crippen LogP contribution in [0.25, 0.3) is 0 Å². The van der Waals surface area contributed by atoms with Gasteiger partial charge in [-0.15, -0.1) is 0 Å². The van der Waals surface area contributed by atoms with Gasteiger partial charge in [-0.25, -0.2) is 9.97 Å². The zero-order valence-electron chi connectivity index (χ0n) is 7.53. The fourth-order valence-corrected chi connectivity index (χ4v) is 2.55. The van der Waals surface area contributed by atoms with Gasteiger partial charge in [-0.2, -0.15) is 0 Å². The number of piperidine rings is 1. The largest absolute Gasteiger partial charge is 0.316 e. The number of hydrogen-bond acceptors (Lipinski definition) is 3. The van der Waals surface area contributed by atoms with E-state index in [1.165, 1.54) is 25.1 Å². The molecule has 1 N–H and O–H groups in total. The zero-order valence-corrected chi connectivity index (χ0v) is 7.53. The van der Waals surface area contributed by atoms with Crippen molar-refractivity contribution in [1.29, 1.82) is 0 Å². The predicted octanol–water partition coefficient (Wildman–Crippen LogP) is 0.728. The van der Waals surface area contributed by atoms with Crippen molar-refractivity contribution in [2.45, 2.75) is 18.3 Å². The van der Waals surface area contributed by atoms with Gasteiger partial charge in [0.1, 0.15) is 6.33 Å². The first kappa shape index (κ1) is 7.44. The molecule has 1 aliphatic carbocycles. The van der Waals surface area contributed by atoms with Crippen molar-refractivity contribution in [3.8, 4) is 0 Å². The maximum Gasteiger partial charge on any atom is 0.115 e. The Labute approximate surface area is 77.6 Å². The van der Waals surface area contributed by atoms with Crippen molar-refractivity contribution in [1.82, 2.24) is 15.3 Å². The molecule has 2 fully saturated rings. The number of rotatable bonds is 1. The molecular weight excluding hydrogens is 162 g/mol. The molecule has 2 aliphatic rings. The van der Waals surface area contributed by atoms with Crippen LogP contribution in [0.5, 0.6) is 0 Å². The summed E-state index contributed by atoms with van der Waals surface area (Å²) in [6.45, 7) is 2.28. The van der Waals surface area contributed by atoms with E-state index in [9.17, 15) is 0 Å². The van der Waals surface area contributed by atoms with Gasteiger partial charge < -0.3 is 5.32 Å². The second-order valence-corrected chi connectivity index (χ2v) is 4.12. The molecule has 2 atom stereocenters. The Hall–Kier alpha value is -0.960. The van der Waals surface area contributed by atoms with E-state index in [1.54, 1.807) is 6.33 Å². The lowest BCUT2D eigenvalue weighted by molar-refractivity contribution is 0.439. The Bertz CT molecular complexity index is 311. The third kappa shape index (κ3) is 1.000. The van der Waals surface area contributed by atoms with Crippen LogP contribution in [0, 0.1) is 5.92 Å². The molecule has 1 saturated heterocycles. The van der Waals surface area contributed by atoms with Crippen LogP contribution in [0.4, 0.5) is 0 Å². The first-order valence-corrected chi connectivity index (χ1v) is 4.89. The summed E-state index contributed by atoms with van der Waals surface area (Å²) in [5, 5.41) is 3.46. The Balaban J connectivity index is 1.94. The number of fused-ring (bicyclic) bond motifs is 1. The van der Waals surface area contributed by atoms with Crippen molar-refractivity contribution >= 4 is 0 Å². The summed E-state index contributed by atoms with van der Waals surface area (Å²) in [5.74, 6) is 0.878. The van der Waals surface area contributed by atoms with Gasteiger partial charge in [0.2, 0.25) is 0 Å². The number of nitrogens with zero attached hydrogens (tertiary/aromatic N) is 2. The monoisotopic (exact) mass is 175 g/mol. The zero-order chi connectivity index (χ0) is 8.73. The minimum absolute atomic E-state index is 0.376. The number of nitrogens with one attached hydrogen (secondary N) is 1. The van der Waals surface area contributed by atoms with Gasteiger partial charge in [-0.3, -0.25) is 0 Å². The fourth-order valence-electron chi connectivity index (χ4n) is 2.55. The van der Waals surface area contributed by atoms with Crippen molar-refractivity contribution in [3.63, 3.8) is 0 Å². The molecule has 0 spiro atoms. The van der Waals surface area contributed by atoms with Crippen LogP contribution < -0.4 is 5.32 Å². The third-order valence-electron chi connectivity index (χ3n) is 3.43. The highest BCUT2D eigenvalue weighted by Gasteiger charge is 2.56. The van der Waals surface area contributed by atoms with E-state index in [2.05, 4.69) is 21.4 Å². The van der Waals surface area contributed by atoms with Crippen molar-refractivity contribution in [2.75, 3.05) is 13.1 Å². The SMILES string of the molecule is c1cc(C23CNCCC2C3)ncn1. The third-order valence-corrected chi connectivity index (χ3v) is 3.43. The maximum absolute atomic E-state index is 4.36.